The van der Waals surface area contributed by atoms with Crippen LogP contribution >= 0.6 is 11.3 Å². The second-order valence-corrected chi connectivity index (χ2v) is 6.00. The van der Waals surface area contributed by atoms with Crippen LogP contribution in [0.15, 0.2) is 41.1 Å². The first-order valence-electron chi connectivity index (χ1n) is 6.96. The zero-order valence-electron chi connectivity index (χ0n) is 12.7. The quantitative estimate of drug-likeness (QED) is 0.778. The van der Waals surface area contributed by atoms with Crippen LogP contribution in [0.5, 0.6) is 5.88 Å². The zero-order valence-corrected chi connectivity index (χ0v) is 13.5. The number of nitrogens with zero attached hydrogens (tertiary/aromatic N) is 2. The summed E-state index contributed by atoms with van der Waals surface area (Å²) in [7, 11) is 1.56. The van der Waals surface area contributed by atoms with Crippen LogP contribution in [0.4, 0.5) is 0 Å². The number of aromatic nitrogens is 2. The predicted octanol–water partition coefficient (Wildman–Crippen LogP) is 3.05. The number of furan rings is 1. The number of nitrogens with one attached hydrogen (secondary N) is 1. The number of thiazole rings is 1. The molecule has 0 saturated heterocycles. The summed E-state index contributed by atoms with van der Waals surface area (Å²) in [6.45, 7) is 2.25. The zero-order chi connectivity index (χ0) is 16.2. The number of carbonyl (C=O) groups is 1. The Morgan fingerprint density at radius 1 is 1.39 bits per heavy atom. The van der Waals surface area contributed by atoms with Crippen molar-refractivity contribution in [1.82, 2.24) is 15.3 Å². The van der Waals surface area contributed by atoms with Crippen molar-refractivity contribution in [2.75, 3.05) is 7.11 Å². The monoisotopic (exact) mass is 329 g/mol. The van der Waals surface area contributed by atoms with E-state index in [-0.39, 0.29) is 5.91 Å². The molecule has 0 aliphatic heterocycles. The van der Waals surface area contributed by atoms with Crippen molar-refractivity contribution in [2.24, 2.45) is 0 Å². The van der Waals surface area contributed by atoms with Gasteiger partial charge in [0.2, 0.25) is 5.88 Å². The molecule has 3 aromatic rings. The molecule has 0 atom stereocenters. The highest BCUT2D eigenvalue weighted by Crippen LogP contribution is 2.27. The van der Waals surface area contributed by atoms with Gasteiger partial charge in [-0.2, -0.15) is 0 Å². The first kappa shape index (κ1) is 15.2. The first-order chi connectivity index (χ1) is 11.2. The molecule has 118 valence electrons. The van der Waals surface area contributed by atoms with Crippen LogP contribution in [-0.4, -0.2) is 23.0 Å². The number of carbonyl (C=O) groups excluding carboxylic acids is 1. The molecule has 3 rings (SSSR count). The van der Waals surface area contributed by atoms with E-state index in [1.54, 1.807) is 31.7 Å². The van der Waals surface area contributed by atoms with Crippen molar-refractivity contribution < 1.29 is 13.9 Å². The maximum Gasteiger partial charge on any atom is 0.271 e. The van der Waals surface area contributed by atoms with Crippen molar-refractivity contribution in [3.63, 3.8) is 0 Å². The minimum Gasteiger partial charge on any atom is -0.481 e. The molecule has 0 aromatic carbocycles. The van der Waals surface area contributed by atoms with Gasteiger partial charge < -0.3 is 14.5 Å². The summed E-state index contributed by atoms with van der Waals surface area (Å²) < 4.78 is 10.3. The van der Waals surface area contributed by atoms with Gasteiger partial charge in [-0.25, -0.2) is 9.97 Å². The number of ether oxygens (including phenoxy) is 1. The molecule has 0 unspecified atom stereocenters. The van der Waals surface area contributed by atoms with E-state index in [2.05, 4.69) is 15.3 Å². The Morgan fingerprint density at radius 3 is 2.91 bits per heavy atom. The first-order valence-corrected chi connectivity index (χ1v) is 7.77. The standard InChI is InChI=1S/C16H15N3O3S/c1-10-14(19-16(23-10)12-4-3-7-22-12)15(20)18-9-11-5-6-13(21-2)17-8-11/h3-8H,9H2,1-2H3,(H,18,20). The molecule has 1 N–H and O–H groups in total. The van der Waals surface area contributed by atoms with Crippen LogP contribution in [-0.2, 0) is 6.54 Å². The molecule has 1 amide bonds. The van der Waals surface area contributed by atoms with Gasteiger partial charge in [0.1, 0.15) is 5.69 Å². The maximum absolute atomic E-state index is 12.3. The van der Waals surface area contributed by atoms with Crippen LogP contribution in [0.2, 0.25) is 0 Å². The van der Waals surface area contributed by atoms with Gasteiger partial charge in [-0.1, -0.05) is 6.07 Å². The molecule has 0 aliphatic rings. The van der Waals surface area contributed by atoms with Gasteiger partial charge in [-0.15, -0.1) is 11.3 Å². The lowest BCUT2D eigenvalue weighted by atomic mass is 10.2. The van der Waals surface area contributed by atoms with Crippen molar-refractivity contribution in [3.8, 4) is 16.6 Å². The number of rotatable bonds is 5. The Morgan fingerprint density at radius 2 is 2.26 bits per heavy atom. The highest BCUT2D eigenvalue weighted by molar-refractivity contribution is 7.15. The Bertz CT molecular complexity index is 795. The molecule has 6 nitrogen and oxygen atoms in total. The fraction of sp³-hybridized carbons (Fsp3) is 0.188. The van der Waals surface area contributed by atoms with E-state index in [0.29, 0.717) is 28.9 Å². The van der Waals surface area contributed by atoms with Gasteiger partial charge in [0, 0.05) is 23.7 Å². The molecule has 0 saturated carbocycles. The number of amides is 1. The molecule has 0 aliphatic carbocycles. The number of hydrogen-bond donors (Lipinski definition) is 1. The molecule has 3 heterocycles. The average Bonchev–Trinajstić information content (AvgIpc) is 3.22. The lowest BCUT2D eigenvalue weighted by molar-refractivity contribution is 0.0946. The predicted molar refractivity (Wildman–Crippen MR) is 86.5 cm³/mol. The SMILES string of the molecule is COc1ccc(CNC(=O)c2nc(-c3ccco3)sc2C)cn1. The van der Waals surface area contributed by atoms with E-state index in [0.717, 1.165) is 10.4 Å². The summed E-state index contributed by atoms with van der Waals surface area (Å²) in [6.07, 6.45) is 3.25. The highest BCUT2D eigenvalue weighted by Gasteiger charge is 2.17. The fourth-order valence-corrected chi connectivity index (χ4v) is 2.89. The number of pyridine rings is 1. The smallest absolute Gasteiger partial charge is 0.271 e. The van der Waals surface area contributed by atoms with Crippen LogP contribution in [0.1, 0.15) is 20.9 Å². The second kappa shape index (κ2) is 6.62. The number of hydrogen-bond acceptors (Lipinski definition) is 6. The van der Waals surface area contributed by atoms with Gasteiger partial charge in [-0.05, 0) is 24.6 Å². The minimum atomic E-state index is -0.215. The van der Waals surface area contributed by atoms with E-state index in [1.807, 2.05) is 19.1 Å². The third-order valence-electron chi connectivity index (χ3n) is 3.20. The van der Waals surface area contributed by atoms with Crippen molar-refractivity contribution in [3.05, 3.63) is 52.9 Å². The van der Waals surface area contributed by atoms with E-state index in [9.17, 15) is 4.79 Å². The average molecular weight is 329 g/mol. The van der Waals surface area contributed by atoms with Crippen LogP contribution in [0, 0.1) is 6.92 Å². The lowest BCUT2D eigenvalue weighted by Crippen LogP contribution is -2.23. The summed E-state index contributed by atoms with van der Waals surface area (Å²) in [6, 6.07) is 7.23. The third-order valence-corrected chi connectivity index (χ3v) is 4.19. The Kier molecular flexibility index (Phi) is 4.38. The minimum absolute atomic E-state index is 0.215. The largest absolute Gasteiger partial charge is 0.481 e. The Hall–Kier alpha value is -2.67. The van der Waals surface area contributed by atoms with Crippen LogP contribution < -0.4 is 10.1 Å². The third kappa shape index (κ3) is 3.40. The summed E-state index contributed by atoms with van der Waals surface area (Å²) in [5.41, 5.74) is 1.31. The molecular weight excluding hydrogens is 314 g/mol. The number of methoxy groups -OCH3 is 1. The second-order valence-electron chi connectivity index (χ2n) is 4.79. The summed E-state index contributed by atoms with van der Waals surface area (Å²) in [4.78, 5) is 21.6. The summed E-state index contributed by atoms with van der Waals surface area (Å²) >= 11 is 1.43. The fourth-order valence-electron chi connectivity index (χ4n) is 2.02. The van der Waals surface area contributed by atoms with Crippen LogP contribution in [0.25, 0.3) is 10.8 Å². The molecule has 3 aromatic heterocycles. The van der Waals surface area contributed by atoms with Gasteiger partial charge in [-0.3, -0.25) is 4.79 Å². The molecule has 0 bridgehead atoms. The van der Waals surface area contributed by atoms with Gasteiger partial charge in [0.15, 0.2) is 10.8 Å². The number of aryl methyl sites for hydroxylation is 1. The van der Waals surface area contributed by atoms with E-state index in [4.69, 9.17) is 9.15 Å². The van der Waals surface area contributed by atoms with E-state index < -0.39 is 0 Å². The van der Waals surface area contributed by atoms with Crippen LogP contribution in [0.3, 0.4) is 0 Å². The molecule has 0 spiro atoms. The van der Waals surface area contributed by atoms with Crippen molar-refractivity contribution >= 4 is 17.2 Å². The summed E-state index contributed by atoms with van der Waals surface area (Å²) in [5.74, 6) is 0.988. The topological polar surface area (TPSA) is 77.2 Å². The van der Waals surface area contributed by atoms with Crippen molar-refractivity contribution in [1.29, 1.82) is 0 Å². The molecular formula is C16H15N3O3S. The lowest BCUT2D eigenvalue weighted by Gasteiger charge is -2.04. The maximum atomic E-state index is 12.3. The molecule has 7 heteroatoms. The van der Waals surface area contributed by atoms with Crippen molar-refractivity contribution in [2.45, 2.75) is 13.5 Å². The summed E-state index contributed by atoms with van der Waals surface area (Å²) in [5, 5.41) is 3.54. The van der Waals surface area contributed by atoms with Gasteiger partial charge in [0.25, 0.3) is 5.91 Å². The molecule has 0 radical (unpaired) electrons. The van der Waals surface area contributed by atoms with E-state index >= 15 is 0 Å². The van der Waals surface area contributed by atoms with Gasteiger partial charge >= 0.3 is 0 Å². The Labute approximate surface area is 137 Å². The van der Waals surface area contributed by atoms with Gasteiger partial charge in [0.05, 0.1) is 13.4 Å². The molecule has 0 fully saturated rings. The normalized spacial score (nSPS) is 10.5. The highest BCUT2D eigenvalue weighted by atomic mass is 32.1. The van der Waals surface area contributed by atoms with E-state index in [1.165, 1.54) is 11.3 Å². The Balaban J connectivity index is 1.68. The molecule has 23 heavy (non-hydrogen) atoms.